The van der Waals surface area contributed by atoms with E-state index in [9.17, 15) is 13.2 Å². The van der Waals surface area contributed by atoms with Crippen LogP contribution in [-0.2, 0) is 0 Å². The normalized spacial score (nSPS) is 26.6. The molecule has 2 bridgehead atoms. The van der Waals surface area contributed by atoms with Gasteiger partial charge in [-0.15, -0.1) is 13.2 Å². The molecule has 2 aliphatic heterocycles. The minimum Gasteiger partial charge on any atom is -0.490 e. The Labute approximate surface area is 115 Å². The van der Waals surface area contributed by atoms with E-state index in [1.54, 1.807) is 6.07 Å². The maximum atomic E-state index is 12.2. The van der Waals surface area contributed by atoms with Crippen LogP contribution in [0.15, 0.2) is 24.3 Å². The van der Waals surface area contributed by atoms with Gasteiger partial charge in [-0.3, -0.25) is 0 Å². The van der Waals surface area contributed by atoms with E-state index in [1.807, 2.05) is 0 Å². The van der Waals surface area contributed by atoms with E-state index in [2.05, 4.69) is 10.1 Å². The molecule has 0 spiro atoms. The summed E-state index contributed by atoms with van der Waals surface area (Å²) in [6, 6.07) is 7.42. The van der Waals surface area contributed by atoms with Crippen molar-refractivity contribution in [3.05, 3.63) is 30.3 Å². The fourth-order valence-electron chi connectivity index (χ4n) is 2.82. The largest absolute Gasteiger partial charge is 0.573 e. The minimum absolute atomic E-state index is 0.0277. The van der Waals surface area contributed by atoms with Crippen molar-refractivity contribution < 1.29 is 22.6 Å². The molecule has 2 atom stereocenters. The molecule has 2 fully saturated rings. The van der Waals surface area contributed by atoms with Crippen LogP contribution >= 0.6 is 0 Å². The van der Waals surface area contributed by atoms with Gasteiger partial charge in [-0.05, 0) is 31.4 Å². The molecule has 6 heteroatoms. The van der Waals surface area contributed by atoms with E-state index in [-0.39, 0.29) is 11.9 Å². The van der Waals surface area contributed by atoms with Gasteiger partial charge in [-0.25, -0.2) is 0 Å². The fraction of sp³-hybridized carbons (Fsp3) is 0.500. The number of alkyl halides is 3. The van der Waals surface area contributed by atoms with Crippen molar-refractivity contribution >= 4 is 0 Å². The van der Waals surface area contributed by atoms with Crippen LogP contribution in [-0.4, -0.2) is 18.5 Å². The molecule has 0 aromatic heterocycles. The maximum Gasteiger partial charge on any atom is 0.573 e. The maximum absolute atomic E-state index is 12.2. The fourth-order valence-corrected chi connectivity index (χ4v) is 2.82. The zero-order valence-corrected chi connectivity index (χ0v) is 10.7. The SMILES string of the molecule is FC(F)(F)Oc1cccc(OC2C[C]3CCC(C2)N3)c1. The number of hydrogen-bond acceptors (Lipinski definition) is 3. The Hall–Kier alpha value is -1.43. The first kappa shape index (κ1) is 13.5. The van der Waals surface area contributed by atoms with Crippen molar-refractivity contribution in [2.24, 2.45) is 0 Å². The molecule has 0 aliphatic carbocycles. The first-order valence-electron chi connectivity index (χ1n) is 6.62. The Bertz CT molecular complexity index is 466. The van der Waals surface area contributed by atoms with Crippen LogP contribution in [0.2, 0.25) is 0 Å². The summed E-state index contributed by atoms with van der Waals surface area (Å²) in [5.41, 5.74) is 0. The second-order valence-electron chi connectivity index (χ2n) is 5.19. The van der Waals surface area contributed by atoms with E-state index in [0.29, 0.717) is 11.8 Å². The van der Waals surface area contributed by atoms with Crippen LogP contribution in [0.4, 0.5) is 13.2 Å². The average molecular weight is 286 g/mol. The summed E-state index contributed by atoms with van der Waals surface area (Å²) in [6.07, 6.45) is -0.759. The van der Waals surface area contributed by atoms with Crippen molar-refractivity contribution in [2.75, 3.05) is 0 Å². The quantitative estimate of drug-likeness (QED) is 0.923. The zero-order valence-electron chi connectivity index (χ0n) is 10.7. The van der Waals surface area contributed by atoms with E-state index < -0.39 is 6.36 Å². The Morgan fingerprint density at radius 1 is 1.20 bits per heavy atom. The van der Waals surface area contributed by atoms with Gasteiger partial charge in [0.05, 0.1) is 0 Å². The molecule has 2 heterocycles. The van der Waals surface area contributed by atoms with Crippen LogP contribution in [0, 0.1) is 6.04 Å². The van der Waals surface area contributed by atoms with Gasteiger partial charge in [0.1, 0.15) is 17.6 Å². The molecular formula is C14H15F3NO2. The molecule has 1 aromatic carbocycles. The van der Waals surface area contributed by atoms with Crippen LogP contribution < -0.4 is 14.8 Å². The van der Waals surface area contributed by atoms with Gasteiger partial charge in [-0.1, -0.05) is 6.07 Å². The molecule has 3 rings (SSSR count). The lowest BCUT2D eigenvalue weighted by Crippen LogP contribution is -2.38. The Balaban J connectivity index is 1.64. The summed E-state index contributed by atoms with van der Waals surface area (Å²) in [5.74, 6) is 0.165. The van der Waals surface area contributed by atoms with Crippen LogP contribution in [0.1, 0.15) is 25.7 Å². The number of nitrogens with one attached hydrogen (secondary N) is 1. The highest BCUT2D eigenvalue weighted by molar-refractivity contribution is 5.33. The average Bonchev–Trinajstić information content (AvgIpc) is 2.67. The van der Waals surface area contributed by atoms with Crippen molar-refractivity contribution in [1.82, 2.24) is 5.32 Å². The predicted molar refractivity (Wildman–Crippen MR) is 66.2 cm³/mol. The highest BCUT2D eigenvalue weighted by Gasteiger charge is 2.35. The van der Waals surface area contributed by atoms with Gasteiger partial charge in [-0.2, -0.15) is 0 Å². The van der Waals surface area contributed by atoms with Gasteiger partial charge in [0.15, 0.2) is 0 Å². The van der Waals surface area contributed by atoms with Gasteiger partial charge < -0.3 is 14.8 Å². The lowest BCUT2D eigenvalue weighted by atomic mass is 10.0. The van der Waals surface area contributed by atoms with Gasteiger partial charge in [0, 0.05) is 24.6 Å². The van der Waals surface area contributed by atoms with Crippen molar-refractivity contribution in [1.29, 1.82) is 0 Å². The van der Waals surface area contributed by atoms with Gasteiger partial charge in [0.2, 0.25) is 0 Å². The molecule has 109 valence electrons. The number of halogens is 3. The topological polar surface area (TPSA) is 30.5 Å². The van der Waals surface area contributed by atoms with Crippen LogP contribution in [0.25, 0.3) is 0 Å². The standard InChI is InChI=1S/C14H15F3NO2/c15-14(16,17)20-12-3-1-2-11(8-12)19-13-6-9-4-5-10(7-13)18-9/h1-3,8-9,13,18H,4-7H2. The third-order valence-corrected chi connectivity index (χ3v) is 3.57. The number of rotatable bonds is 3. The van der Waals surface area contributed by atoms with Crippen molar-refractivity contribution in [3.63, 3.8) is 0 Å². The number of fused-ring (bicyclic) bond motifs is 2. The number of hydrogen-bond donors (Lipinski definition) is 1. The van der Waals surface area contributed by atoms with E-state index in [4.69, 9.17) is 4.74 Å². The third-order valence-electron chi connectivity index (χ3n) is 3.57. The molecule has 20 heavy (non-hydrogen) atoms. The summed E-state index contributed by atoms with van der Waals surface area (Å²) in [5, 5.41) is 3.41. The summed E-state index contributed by atoms with van der Waals surface area (Å²) in [7, 11) is 0. The Kier molecular flexibility index (Phi) is 3.50. The van der Waals surface area contributed by atoms with Crippen LogP contribution in [0.5, 0.6) is 11.5 Å². The van der Waals surface area contributed by atoms with Crippen molar-refractivity contribution in [2.45, 2.75) is 44.2 Å². The summed E-state index contributed by atoms with van der Waals surface area (Å²) in [6.45, 7) is 0. The highest BCUT2D eigenvalue weighted by Crippen LogP contribution is 2.34. The first-order valence-corrected chi connectivity index (χ1v) is 6.62. The zero-order chi connectivity index (χ0) is 14.2. The molecule has 0 saturated carbocycles. The van der Waals surface area contributed by atoms with Crippen LogP contribution in [0.3, 0.4) is 0 Å². The lowest BCUT2D eigenvalue weighted by molar-refractivity contribution is -0.274. The Morgan fingerprint density at radius 3 is 2.75 bits per heavy atom. The highest BCUT2D eigenvalue weighted by atomic mass is 19.4. The lowest BCUT2D eigenvalue weighted by Gasteiger charge is -2.29. The van der Waals surface area contributed by atoms with Crippen molar-refractivity contribution in [3.8, 4) is 11.5 Å². The molecule has 1 N–H and O–H groups in total. The molecular weight excluding hydrogens is 271 g/mol. The van der Waals surface area contributed by atoms with Gasteiger partial charge >= 0.3 is 6.36 Å². The monoisotopic (exact) mass is 286 g/mol. The molecule has 3 nitrogen and oxygen atoms in total. The van der Waals surface area contributed by atoms with E-state index >= 15 is 0 Å². The molecule has 2 saturated heterocycles. The third kappa shape index (κ3) is 3.36. The van der Waals surface area contributed by atoms with E-state index in [1.165, 1.54) is 24.2 Å². The minimum atomic E-state index is -4.68. The summed E-state index contributed by atoms with van der Waals surface area (Å²) < 4.78 is 46.2. The second kappa shape index (κ2) is 5.16. The predicted octanol–water partition coefficient (Wildman–Crippen LogP) is 3.41. The number of ether oxygens (including phenoxy) is 2. The first-order chi connectivity index (χ1) is 9.48. The molecule has 2 aliphatic rings. The molecule has 2 unspecified atom stereocenters. The number of benzene rings is 1. The molecule has 1 aromatic rings. The second-order valence-corrected chi connectivity index (χ2v) is 5.19. The molecule has 1 radical (unpaired) electrons. The smallest absolute Gasteiger partial charge is 0.490 e. The Morgan fingerprint density at radius 2 is 2.00 bits per heavy atom. The van der Waals surface area contributed by atoms with Gasteiger partial charge in [0.25, 0.3) is 0 Å². The number of piperidine rings is 1. The summed E-state index contributed by atoms with van der Waals surface area (Å²) >= 11 is 0. The summed E-state index contributed by atoms with van der Waals surface area (Å²) in [4.78, 5) is 0. The van der Waals surface area contributed by atoms with E-state index in [0.717, 1.165) is 25.7 Å². The molecule has 0 amide bonds.